The fourth-order valence-electron chi connectivity index (χ4n) is 2.17. The number of pyridine rings is 1. The number of fused-ring (bicyclic) bond motifs is 1. The third-order valence-electron chi connectivity index (χ3n) is 3.20. The number of hydrogen-bond acceptors (Lipinski definition) is 2. The Labute approximate surface area is 129 Å². The first-order chi connectivity index (χ1) is 9.65. The lowest BCUT2D eigenvalue weighted by Gasteiger charge is -2.04. The van der Waals surface area contributed by atoms with Crippen molar-refractivity contribution in [2.75, 3.05) is 0 Å². The summed E-state index contributed by atoms with van der Waals surface area (Å²) in [4.78, 5) is 18.4. The van der Waals surface area contributed by atoms with Crippen LogP contribution in [0.5, 0.6) is 0 Å². The number of aromatic nitrogens is 2. The van der Waals surface area contributed by atoms with Crippen LogP contribution in [0.3, 0.4) is 0 Å². The number of hydrogen-bond donors (Lipinski definition) is 2. The number of carboxylic acid groups (broad SMARTS) is 1. The molecule has 2 heterocycles. The van der Waals surface area contributed by atoms with Crippen LogP contribution < -0.4 is 0 Å². The van der Waals surface area contributed by atoms with E-state index >= 15 is 0 Å². The van der Waals surface area contributed by atoms with Gasteiger partial charge >= 0.3 is 5.97 Å². The average Bonchev–Trinajstić information content (AvgIpc) is 2.84. The van der Waals surface area contributed by atoms with Crippen molar-refractivity contribution in [3.63, 3.8) is 0 Å². The number of carbonyl (C=O) groups is 1. The molecule has 0 saturated heterocycles. The maximum Gasteiger partial charge on any atom is 0.337 e. The SMILES string of the molecule is O=C(O)c1cnc(Cc2c[nH]c3ccccc23)c(I)c1. The number of aromatic amines is 1. The normalized spacial score (nSPS) is 10.8. The predicted molar refractivity (Wildman–Crippen MR) is 85.0 cm³/mol. The Kier molecular flexibility index (Phi) is 3.43. The zero-order chi connectivity index (χ0) is 14.1. The first kappa shape index (κ1) is 13.1. The molecule has 0 aliphatic rings. The minimum atomic E-state index is -0.950. The Morgan fingerprint density at radius 2 is 2.15 bits per heavy atom. The van der Waals surface area contributed by atoms with Crippen LogP contribution in [0.15, 0.2) is 42.7 Å². The molecule has 0 saturated carbocycles. The van der Waals surface area contributed by atoms with Gasteiger partial charge in [0.25, 0.3) is 0 Å². The van der Waals surface area contributed by atoms with E-state index in [-0.39, 0.29) is 5.56 Å². The van der Waals surface area contributed by atoms with E-state index in [1.807, 2.05) is 24.4 Å². The molecule has 0 amide bonds. The van der Waals surface area contributed by atoms with Crippen LogP contribution in [0, 0.1) is 3.57 Å². The predicted octanol–water partition coefficient (Wildman–Crippen LogP) is 3.46. The first-order valence-electron chi connectivity index (χ1n) is 6.08. The van der Waals surface area contributed by atoms with E-state index in [2.05, 4.69) is 38.6 Å². The van der Waals surface area contributed by atoms with Gasteiger partial charge in [0.15, 0.2) is 0 Å². The number of H-pyrrole nitrogens is 1. The van der Waals surface area contributed by atoms with Crippen molar-refractivity contribution in [3.8, 4) is 0 Å². The summed E-state index contributed by atoms with van der Waals surface area (Å²) in [5.74, 6) is -0.950. The van der Waals surface area contributed by atoms with Gasteiger partial charge in [0.05, 0.1) is 11.3 Å². The third-order valence-corrected chi connectivity index (χ3v) is 4.13. The Bertz CT molecular complexity index is 795. The molecule has 0 unspecified atom stereocenters. The molecule has 0 aliphatic carbocycles. The second-order valence-corrected chi connectivity index (χ2v) is 5.66. The Morgan fingerprint density at radius 3 is 2.90 bits per heavy atom. The molecule has 0 spiro atoms. The third kappa shape index (κ3) is 2.40. The molecular weight excluding hydrogens is 367 g/mol. The van der Waals surface area contributed by atoms with Gasteiger partial charge in [-0.3, -0.25) is 4.98 Å². The lowest BCUT2D eigenvalue weighted by atomic mass is 10.1. The fourth-order valence-corrected chi connectivity index (χ4v) is 2.84. The van der Waals surface area contributed by atoms with E-state index in [9.17, 15) is 4.79 Å². The van der Waals surface area contributed by atoms with Gasteiger partial charge in [-0.15, -0.1) is 0 Å². The number of nitrogens with zero attached hydrogens (tertiary/aromatic N) is 1. The van der Waals surface area contributed by atoms with Gasteiger partial charge in [0.2, 0.25) is 0 Å². The van der Waals surface area contributed by atoms with Gasteiger partial charge in [-0.1, -0.05) is 18.2 Å². The molecule has 0 bridgehead atoms. The van der Waals surface area contributed by atoms with E-state index in [0.717, 1.165) is 20.3 Å². The fraction of sp³-hybridized carbons (Fsp3) is 0.0667. The van der Waals surface area contributed by atoms with E-state index in [0.29, 0.717) is 6.42 Å². The van der Waals surface area contributed by atoms with Crippen LogP contribution in [0.25, 0.3) is 10.9 Å². The summed E-state index contributed by atoms with van der Waals surface area (Å²) in [5, 5.41) is 10.1. The molecule has 2 N–H and O–H groups in total. The minimum absolute atomic E-state index is 0.220. The second-order valence-electron chi connectivity index (χ2n) is 4.49. The van der Waals surface area contributed by atoms with Crippen molar-refractivity contribution in [2.24, 2.45) is 0 Å². The van der Waals surface area contributed by atoms with Gasteiger partial charge in [0, 0.05) is 33.3 Å². The lowest BCUT2D eigenvalue weighted by Crippen LogP contribution is -2.02. The minimum Gasteiger partial charge on any atom is -0.478 e. The van der Waals surface area contributed by atoms with Crippen LogP contribution in [-0.4, -0.2) is 21.0 Å². The Balaban J connectivity index is 1.97. The highest BCUT2D eigenvalue weighted by atomic mass is 127. The molecule has 4 nitrogen and oxygen atoms in total. The quantitative estimate of drug-likeness (QED) is 0.687. The second kappa shape index (κ2) is 5.24. The van der Waals surface area contributed by atoms with Gasteiger partial charge in [-0.25, -0.2) is 4.79 Å². The molecule has 5 heteroatoms. The molecule has 100 valence electrons. The molecule has 0 fully saturated rings. The van der Waals surface area contributed by atoms with E-state index in [1.165, 1.54) is 11.6 Å². The maximum atomic E-state index is 10.9. The van der Waals surface area contributed by atoms with Gasteiger partial charge < -0.3 is 10.1 Å². The Morgan fingerprint density at radius 1 is 1.35 bits per heavy atom. The highest BCUT2D eigenvalue weighted by molar-refractivity contribution is 14.1. The van der Waals surface area contributed by atoms with Crippen molar-refractivity contribution in [1.29, 1.82) is 0 Å². The van der Waals surface area contributed by atoms with Crippen molar-refractivity contribution >= 4 is 39.5 Å². The van der Waals surface area contributed by atoms with Gasteiger partial charge in [-0.2, -0.15) is 0 Å². The number of para-hydroxylation sites is 1. The molecular formula is C15H11IN2O2. The van der Waals surface area contributed by atoms with Crippen LogP contribution >= 0.6 is 22.6 Å². The zero-order valence-corrected chi connectivity index (χ0v) is 12.6. The first-order valence-corrected chi connectivity index (χ1v) is 7.16. The number of rotatable bonds is 3. The maximum absolute atomic E-state index is 10.9. The number of carboxylic acids is 1. The molecule has 0 radical (unpaired) electrons. The summed E-state index contributed by atoms with van der Waals surface area (Å²) in [7, 11) is 0. The molecule has 20 heavy (non-hydrogen) atoms. The summed E-state index contributed by atoms with van der Waals surface area (Å²) in [6, 6.07) is 9.75. The lowest BCUT2D eigenvalue weighted by molar-refractivity contribution is 0.0696. The molecule has 2 aromatic heterocycles. The molecule has 0 aliphatic heterocycles. The molecule has 1 aromatic carbocycles. The highest BCUT2D eigenvalue weighted by Crippen LogP contribution is 2.22. The van der Waals surface area contributed by atoms with Crippen molar-refractivity contribution < 1.29 is 9.90 Å². The molecule has 3 rings (SSSR count). The topological polar surface area (TPSA) is 66.0 Å². The van der Waals surface area contributed by atoms with E-state index in [1.54, 1.807) is 6.07 Å². The number of nitrogens with one attached hydrogen (secondary N) is 1. The van der Waals surface area contributed by atoms with Crippen molar-refractivity contribution in [2.45, 2.75) is 6.42 Å². The largest absolute Gasteiger partial charge is 0.478 e. The van der Waals surface area contributed by atoms with Crippen LogP contribution in [0.1, 0.15) is 21.6 Å². The van der Waals surface area contributed by atoms with Crippen molar-refractivity contribution in [1.82, 2.24) is 9.97 Å². The average molecular weight is 378 g/mol. The number of benzene rings is 1. The van der Waals surface area contributed by atoms with Gasteiger partial charge in [0.1, 0.15) is 0 Å². The summed E-state index contributed by atoms with van der Waals surface area (Å²) in [5.41, 5.74) is 3.37. The van der Waals surface area contributed by atoms with E-state index in [4.69, 9.17) is 5.11 Å². The highest BCUT2D eigenvalue weighted by Gasteiger charge is 2.10. The zero-order valence-electron chi connectivity index (χ0n) is 10.4. The molecule has 0 atom stereocenters. The van der Waals surface area contributed by atoms with E-state index < -0.39 is 5.97 Å². The van der Waals surface area contributed by atoms with Crippen LogP contribution in [0.2, 0.25) is 0 Å². The number of halogens is 1. The standard InChI is InChI=1S/C15H11IN2O2/c16-12-5-10(15(19)20)8-18-14(12)6-9-7-17-13-4-2-1-3-11(9)13/h1-5,7-8,17H,6H2,(H,19,20). The number of aromatic carboxylic acids is 1. The summed E-state index contributed by atoms with van der Waals surface area (Å²) >= 11 is 2.13. The van der Waals surface area contributed by atoms with Crippen LogP contribution in [0.4, 0.5) is 0 Å². The van der Waals surface area contributed by atoms with Gasteiger partial charge in [-0.05, 0) is 40.3 Å². The van der Waals surface area contributed by atoms with Crippen LogP contribution in [-0.2, 0) is 6.42 Å². The van der Waals surface area contributed by atoms with Crippen molar-refractivity contribution in [3.05, 3.63) is 63.1 Å². The molecule has 3 aromatic rings. The monoisotopic (exact) mass is 378 g/mol. The summed E-state index contributed by atoms with van der Waals surface area (Å²) in [6.45, 7) is 0. The smallest absolute Gasteiger partial charge is 0.337 e. The summed E-state index contributed by atoms with van der Waals surface area (Å²) < 4.78 is 0.868. The Hall–Kier alpha value is -1.89. The summed E-state index contributed by atoms with van der Waals surface area (Å²) in [6.07, 6.45) is 4.07.